The number of carbonyl (C=O) groups is 1. The molecule has 3 heterocycles. The average Bonchev–Trinajstić information content (AvgIpc) is 2.89. The van der Waals surface area contributed by atoms with E-state index in [4.69, 9.17) is 14.7 Å². The highest BCUT2D eigenvalue weighted by Gasteiger charge is 2.27. The molecular formula is C26H31N5O2S. The van der Waals surface area contributed by atoms with Gasteiger partial charge in [0.05, 0.1) is 30.5 Å². The second-order valence-electron chi connectivity index (χ2n) is 8.76. The summed E-state index contributed by atoms with van der Waals surface area (Å²) in [6.45, 7) is 9.17. The number of rotatable bonds is 6. The van der Waals surface area contributed by atoms with Crippen LogP contribution in [0.15, 0.2) is 59.6 Å². The average molecular weight is 478 g/mol. The lowest BCUT2D eigenvalue weighted by Crippen LogP contribution is -2.50. The van der Waals surface area contributed by atoms with E-state index >= 15 is 0 Å². The maximum atomic E-state index is 13.3. The highest BCUT2D eigenvalue weighted by molar-refractivity contribution is 8.00. The fourth-order valence-corrected chi connectivity index (χ4v) is 5.55. The van der Waals surface area contributed by atoms with Gasteiger partial charge in [0.15, 0.2) is 0 Å². The van der Waals surface area contributed by atoms with Crippen molar-refractivity contribution in [1.82, 2.24) is 19.8 Å². The van der Waals surface area contributed by atoms with Gasteiger partial charge in [-0.2, -0.15) is 0 Å². The predicted molar refractivity (Wildman–Crippen MR) is 136 cm³/mol. The molecule has 0 bridgehead atoms. The largest absolute Gasteiger partial charge is 0.379 e. The van der Waals surface area contributed by atoms with Crippen molar-refractivity contribution in [3.63, 3.8) is 0 Å². The Hall–Kier alpha value is -2.68. The van der Waals surface area contributed by atoms with E-state index in [1.165, 1.54) is 5.69 Å². The van der Waals surface area contributed by atoms with E-state index in [1.807, 2.05) is 42.2 Å². The third kappa shape index (κ3) is 5.35. The van der Waals surface area contributed by atoms with Crippen molar-refractivity contribution in [2.75, 3.05) is 57.4 Å². The zero-order chi connectivity index (χ0) is 23.3. The summed E-state index contributed by atoms with van der Waals surface area (Å²) in [4.78, 5) is 29.7. The van der Waals surface area contributed by atoms with Crippen molar-refractivity contribution >= 4 is 34.3 Å². The molecule has 2 saturated heterocycles. The number of thioether (sulfide) groups is 1. The van der Waals surface area contributed by atoms with Crippen LogP contribution in [0.3, 0.4) is 0 Å². The fourth-order valence-electron chi connectivity index (χ4n) is 4.51. The lowest BCUT2D eigenvalue weighted by molar-refractivity contribution is -0.130. The number of nitrogens with zero attached hydrogens (tertiary/aromatic N) is 5. The van der Waals surface area contributed by atoms with Gasteiger partial charge in [-0.1, -0.05) is 48.2 Å². The first kappa shape index (κ1) is 23.1. The molecule has 2 aliphatic rings. The summed E-state index contributed by atoms with van der Waals surface area (Å²) in [5.74, 6) is 0.981. The summed E-state index contributed by atoms with van der Waals surface area (Å²) in [6, 6.07) is 18.5. The lowest BCUT2D eigenvalue weighted by atomic mass is 10.2. The molecule has 0 N–H and O–H groups in total. The van der Waals surface area contributed by atoms with Gasteiger partial charge in [0.1, 0.15) is 10.9 Å². The number of hydrogen-bond donors (Lipinski definition) is 0. The van der Waals surface area contributed by atoms with Crippen LogP contribution in [0.25, 0.3) is 10.9 Å². The first-order valence-electron chi connectivity index (χ1n) is 12.0. The van der Waals surface area contributed by atoms with Crippen LogP contribution in [0.2, 0.25) is 0 Å². The van der Waals surface area contributed by atoms with E-state index < -0.39 is 0 Å². The zero-order valence-corrected chi connectivity index (χ0v) is 20.4. The molecule has 1 atom stereocenters. The molecule has 1 aromatic heterocycles. The van der Waals surface area contributed by atoms with Gasteiger partial charge in [-0.25, -0.2) is 9.97 Å². The van der Waals surface area contributed by atoms with Crippen LogP contribution in [0, 0.1) is 0 Å². The standard InChI is InChI=1S/C26H31N5O2S/c1-20(26(32)31-13-11-30(12-14-31)21-7-3-2-4-8-21)34-25-22-9-5-6-10-23(22)27-24(28-25)19-29-15-17-33-18-16-29/h2-10,20H,11-19H2,1H3/t20-/m0/s1. The maximum absolute atomic E-state index is 13.3. The minimum atomic E-state index is -0.210. The van der Waals surface area contributed by atoms with Gasteiger partial charge in [-0.05, 0) is 25.1 Å². The number of ether oxygens (including phenoxy) is 1. The number of piperazine rings is 1. The molecule has 34 heavy (non-hydrogen) atoms. The van der Waals surface area contributed by atoms with Crippen molar-refractivity contribution in [1.29, 1.82) is 0 Å². The van der Waals surface area contributed by atoms with E-state index in [1.54, 1.807) is 11.8 Å². The predicted octanol–water partition coefficient (Wildman–Crippen LogP) is 3.29. The molecule has 5 rings (SSSR count). The molecule has 8 heteroatoms. The van der Waals surface area contributed by atoms with Crippen LogP contribution in [-0.4, -0.2) is 83.4 Å². The van der Waals surface area contributed by atoms with Crippen molar-refractivity contribution in [3.8, 4) is 0 Å². The van der Waals surface area contributed by atoms with Gasteiger partial charge in [0.25, 0.3) is 0 Å². The number of fused-ring (bicyclic) bond motifs is 1. The highest BCUT2D eigenvalue weighted by Crippen LogP contribution is 2.30. The summed E-state index contributed by atoms with van der Waals surface area (Å²) in [7, 11) is 0. The Labute approximate surface area is 205 Å². The Morgan fingerprint density at radius 1 is 0.941 bits per heavy atom. The summed E-state index contributed by atoms with van der Waals surface area (Å²) in [5.41, 5.74) is 2.15. The summed E-state index contributed by atoms with van der Waals surface area (Å²) in [6.07, 6.45) is 0. The topological polar surface area (TPSA) is 61.8 Å². The first-order valence-corrected chi connectivity index (χ1v) is 12.9. The fraction of sp³-hybridized carbons (Fsp3) is 0.423. The van der Waals surface area contributed by atoms with Crippen molar-refractivity contribution in [3.05, 3.63) is 60.4 Å². The molecule has 0 radical (unpaired) electrons. The van der Waals surface area contributed by atoms with Crippen molar-refractivity contribution in [2.45, 2.75) is 23.7 Å². The van der Waals surface area contributed by atoms with Gasteiger partial charge in [-0.15, -0.1) is 0 Å². The Morgan fingerprint density at radius 3 is 2.41 bits per heavy atom. The Kier molecular flexibility index (Phi) is 7.27. The smallest absolute Gasteiger partial charge is 0.235 e. The second-order valence-corrected chi connectivity index (χ2v) is 10.1. The van der Waals surface area contributed by atoms with Gasteiger partial charge < -0.3 is 14.5 Å². The van der Waals surface area contributed by atoms with Crippen LogP contribution >= 0.6 is 11.8 Å². The molecule has 0 saturated carbocycles. The molecule has 178 valence electrons. The van der Waals surface area contributed by atoms with E-state index in [9.17, 15) is 4.79 Å². The minimum absolute atomic E-state index is 0.176. The normalized spacial score (nSPS) is 18.3. The molecule has 3 aromatic rings. The molecule has 0 spiro atoms. The third-order valence-electron chi connectivity index (χ3n) is 6.43. The van der Waals surface area contributed by atoms with Gasteiger partial charge >= 0.3 is 0 Å². The van der Waals surface area contributed by atoms with Gasteiger partial charge in [0.2, 0.25) is 5.91 Å². The number of para-hydroxylation sites is 2. The SMILES string of the molecule is C[C@H](Sc1nc(CN2CCOCC2)nc2ccccc12)C(=O)N1CCN(c2ccccc2)CC1. The molecular weight excluding hydrogens is 446 g/mol. The summed E-state index contributed by atoms with van der Waals surface area (Å²) < 4.78 is 5.47. The molecule has 0 unspecified atom stereocenters. The zero-order valence-electron chi connectivity index (χ0n) is 19.6. The minimum Gasteiger partial charge on any atom is -0.379 e. The number of hydrogen-bond acceptors (Lipinski definition) is 7. The quantitative estimate of drug-likeness (QED) is 0.399. The number of aromatic nitrogens is 2. The Morgan fingerprint density at radius 2 is 1.65 bits per heavy atom. The van der Waals surface area contributed by atoms with Crippen molar-refractivity contribution < 1.29 is 9.53 Å². The summed E-state index contributed by atoms with van der Waals surface area (Å²) >= 11 is 1.55. The van der Waals surface area contributed by atoms with E-state index in [-0.39, 0.29) is 11.2 Å². The molecule has 2 fully saturated rings. The number of carbonyl (C=O) groups excluding carboxylic acids is 1. The van der Waals surface area contributed by atoms with Crippen LogP contribution in [0.4, 0.5) is 5.69 Å². The Balaban J connectivity index is 1.27. The third-order valence-corrected chi connectivity index (χ3v) is 7.52. The molecule has 1 amide bonds. The number of benzene rings is 2. The Bertz CT molecular complexity index is 1110. The van der Waals surface area contributed by atoms with E-state index in [2.05, 4.69) is 34.1 Å². The second kappa shape index (κ2) is 10.7. The highest BCUT2D eigenvalue weighted by atomic mass is 32.2. The maximum Gasteiger partial charge on any atom is 0.235 e. The lowest BCUT2D eigenvalue weighted by Gasteiger charge is -2.37. The van der Waals surface area contributed by atoms with Gasteiger partial charge in [-0.3, -0.25) is 9.69 Å². The number of amides is 1. The molecule has 2 aliphatic heterocycles. The van der Waals surface area contributed by atoms with Crippen LogP contribution in [0.5, 0.6) is 0 Å². The van der Waals surface area contributed by atoms with E-state index in [0.717, 1.165) is 74.2 Å². The van der Waals surface area contributed by atoms with Crippen LogP contribution < -0.4 is 4.90 Å². The van der Waals surface area contributed by atoms with Crippen molar-refractivity contribution in [2.24, 2.45) is 0 Å². The summed E-state index contributed by atoms with van der Waals surface area (Å²) in [5, 5.41) is 1.68. The molecule has 0 aliphatic carbocycles. The molecule has 7 nitrogen and oxygen atoms in total. The monoisotopic (exact) mass is 477 g/mol. The first-order chi connectivity index (χ1) is 16.7. The molecule has 2 aromatic carbocycles. The van der Waals surface area contributed by atoms with Gasteiger partial charge in [0, 0.05) is 50.3 Å². The van der Waals surface area contributed by atoms with Crippen LogP contribution in [-0.2, 0) is 16.1 Å². The van der Waals surface area contributed by atoms with Crippen LogP contribution in [0.1, 0.15) is 12.7 Å². The number of morpholine rings is 1. The van der Waals surface area contributed by atoms with E-state index in [0.29, 0.717) is 6.54 Å². The number of anilines is 1.